The van der Waals surface area contributed by atoms with E-state index in [2.05, 4.69) is 4.72 Å². The molecule has 0 radical (unpaired) electrons. The summed E-state index contributed by atoms with van der Waals surface area (Å²) in [5.41, 5.74) is 4.15. The van der Waals surface area contributed by atoms with Gasteiger partial charge in [-0.3, -0.25) is 0 Å². The molecule has 0 bridgehead atoms. The molecule has 0 aromatic heterocycles. The molecule has 5 nitrogen and oxygen atoms in total. The average molecular weight is 276 g/mol. The van der Waals surface area contributed by atoms with Gasteiger partial charge in [0.2, 0.25) is 10.0 Å². The van der Waals surface area contributed by atoms with E-state index in [9.17, 15) is 17.9 Å². The summed E-state index contributed by atoms with van der Waals surface area (Å²) in [5.74, 6) is -0.605. The Morgan fingerprint density at radius 3 is 2.61 bits per heavy atom. The molecule has 1 atom stereocenters. The lowest BCUT2D eigenvalue weighted by molar-refractivity contribution is 0.0613. The minimum atomic E-state index is -3.85. The first-order chi connectivity index (χ1) is 8.18. The van der Waals surface area contributed by atoms with Gasteiger partial charge in [0.05, 0.1) is 11.3 Å². The van der Waals surface area contributed by atoms with Gasteiger partial charge in [0, 0.05) is 6.54 Å². The van der Waals surface area contributed by atoms with Gasteiger partial charge in [-0.25, -0.2) is 17.5 Å². The van der Waals surface area contributed by atoms with Crippen LogP contribution >= 0.6 is 0 Å². The smallest absolute Gasteiger partial charge is 0.242 e. The molecule has 7 heteroatoms. The summed E-state index contributed by atoms with van der Waals surface area (Å²) >= 11 is 0. The van der Waals surface area contributed by atoms with Gasteiger partial charge in [0.25, 0.3) is 0 Å². The fourth-order valence-electron chi connectivity index (χ4n) is 1.22. The summed E-state index contributed by atoms with van der Waals surface area (Å²) < 4.78 is 38.9. The van der Waals surface area contributed by atoms with Crippen LogP contribution in [0.5, 0.6) is 0 Å². The molecule has 1 rings (SSSR count). The monoisotopic (exact) mass is 276 g/mol. The number of hydrogen-bond donors (Lipinski definition) is 3. The maximum Gasteiger partial charge on any atom is 0.242 e. The number of anilines is 1. The fraction of sp³-hybridized carbons (Fsp3) is 0.455. The molecule has 0 aliphatic heterocycles. The maximum atomic E-state index is 12.8. The molecule has 1 aromatic carbocycles. The summed E-state index contributed by atoms with van der Waals surface area (Å²) in [7, 11) is -3.85. The lowest BCUT2D eigenvalue weighted by Crippen LogP contribution is -2.40. The van der Waals surface area contributed by atoms with Crippen LogP contribution in [-0.4, -0.2) is 25.7 Å². The van der Waals surface area contributed by atoms with E-state index in [1.54, 1.807) is 6.92 Å². The summed E-state index contributed by atoms with van der Waals surface area (Å²) in [6, 6.07) is 3.04. The van der Waals surface area contributed by atoms with Crippen LogP contribution in [0, 0.1) is 5.82 Å². The van der Waals surface area contributed by atoms with E-state index >= 15 is 0 Å². The third-order valence-corrected chi connectivity index (χ3v) is 4.14. The number of nitrogen functional groups attached to an aromatic ring is 1. The van der Waals surface area contributed by atoms with Crippen LogP contribution in [-0.2, 0) is 10.0 Å². The van der Waals surface area contributed by atoms with E-state index in [-0.39, 0.29) is 17.1 Å². The largest absolute Gasteiger partial charge is 0.398 e. The van der Waals surface area contributed by atoms with Gasteiger partial charge in [-0.1, -0.05) is 6.92 Å². The minimum Gasteiger partial charge on any atom is -0.398 e. The molecule has 0 aliphatic carbocycles. The zero-order valence-electron chi connectivity index (χ0n) is 10.3. The molecule has 0 heterocycles. The number of sulfonamides is 1. The lowest BCUT2D eigenvalue weighted by Gasteiger charge is -2.21. The Morgan fingerprint density at radius 1 is 1.50 bits per heavy atom. The number of rotatable bonds is 5. The number of halogens is 1. The molecule has 18 heavy (non-hydrogen) atoms. The number of hydrogen-bond acceptors (Lipinski definition) is 4. The van der Waals surface area contributed by atoms with Crippen molar-refractivity contribution in [1.29, 1.82) is 0 Å². The highest BCUT2D eigenvalue weighted by atomic mass is 32.2. The first kappa shape index (κ1) is 14.9. The van der Waals surface area contributed by atoms with Gasteiger partial charge in [-0.15, -0.1) is 0 Å². The van der Waals surface area contributed by atoms with E-state index in [4.69, 9.17) is 5.73 Å². The quantitative estimate of drug-likeness (QED) is 0.695. The molecule has 102 valence electrons. The van der Waals surface area contributed by atoms with Crippen molar-refractivity contribution in [3.8, 4) is 0 Å². The van der Waals surface area contributed by atoms with Gasteiger partial charge in [-0.2, -0.15) is 0 Å². The van der Waals surface area contributed by atoms with E-state index in [0.29, 0.717) is 6.42 Å². The van der Waals surface area contributed by atoms with Crippen LogP contribution in [0.1, 0.15) is 20.3 Å². The molecule has 4 N–H and O–H groups in total. The minimum absolute atomic E-state index is 0.136. The van der Waals surface area contributed by atoms with E-state index in [0.717, 1.165) is 18.2 Å². The molecule has 0 fully saturated rings. The number of benzene rings is 1. The zero-order chi connectivity index (χ0) is 14.0. The van der Waals surface area contributed by atoms with E-state index in [1.165, 1.54) is 6.92 Å². The molecule has 0 amide bonds. The van der Waals surface area contributed by atoms with Gasteiger partial charge in [0.15, 0.2) is 0 Å². The molecule has 0 saturated heterocycles. The highest BCUT2D eigenvalue weighted by Crippen LogP contribution is 2.19. The van der Waals surface area contributed by atoms with Crippen molar-refractivity contribution < 1.29 is 17.9 Å². The number of nitrogens with one attached hydrogen (secondary N) is 1. The van der Waals surface area contributed by atoms with Crippen LogP contribution in [0.25, 0.3) is 0 Å². The molecular formula is C11H17FN2O3S. The van der Waals surface area contributed by atoms with Gasteiger partial charge in [-0.05, 0) is 31.5 Å². The highest BCUT2D eigenvalue weighted by molar-refractivity contribution is 7.89. The standard InChI is InChI=1S/C11H17FN2O3S/c1-3-11(2,15)7-14-18(16,17)10-5-4-8(12)6-9(10)13/h4-6,14-15H,3,7,13H2,1-2H3. The van der Waals surface area contributed by atoms with Crippen molar-refractivity contribution in [2.24, 2.45) is 0 Å². The average Bonchev–Trinajstić information content (AvgIpc) is 2.26. The van der Waals surface area contributed by atoms with Gasteiger partial charge >= 0.3 is 0 Å². The Balaban J connectivity index is 2.94. The second kappa shape index (κ2) is 5.21. The van der Waals surface area contributed by atoms with E-state index in [1.807, 2.05) is 0 Å². The highest BCUT2D eigenvalue weighted by Gasteiger charge is 2.23. The topological polar surface area (TPSA) is 92.4 Å². The Bertz CT molecular complexity index is 529. The fourth-order valence-corrected chi connectivity index (χ4v) is 2.49. The van der Waals surface area contributed by atoms with Gasteiger partial charge < -0.3 is 10.8 Å². The normalized spacial score (nSPS) is 15.3. The SMILES string of the molecule is CCC(C)(O)CNS(=O)(=O)c1ccc(F)cc1N. The van der Waals surface area contributed by atoms with Crippen molar-refractivity contribution in [3.63, 3.8) is 0 Å². The van der Waals surface area contributed by atoms with Crippen molar-refractivity contribution in [3.05, 3.63) is 24.0 Å². The first-order valence-corrected chi connectivity index (χ1v) is 6.93. The maximum absolute atomic E-state index is 12.8. The molecule has 1 unspecified atom stereocenters. The molecular weight excluding hydrogens is 259 g/mol. The Labute approximate surface area is 106 Å². The summed E-state index contributed by atoms with van der Waals surface area (Å²) in [6.07, 6.45) is 0.397. The van der Waals surface area contributed by atoms with Crippen molar-refractivity contribution in [2.45, 2.75) is 30.8 Å². The van der Waals surface area contributed by atoms with Crippen LogP contribution in [0.15, 0.2) is 23.1 Å². The number of aliphatic hydroxyl groups is 1. The van der Waals surface area contributed by atoms with Crippen molar-refractivity contribution in [1.82, 2.24) is 4.72 Å². The van der Waals surface area contributed by atoms with E-state index < -0.39 is 21.4 Å². The van der Waals surface area contributed by atoms with Crippen LogP contribution in [0.2, 0.25) is 0 Å². The summed E-state index contributed by atoms with van der Waals surface area (Å²) in [5, 5.41) is 9.73. The second-order valence-corrected chi connectivity index (χ2v) is 6.09. The molecule has 1 aromatic rings. The molecule has 0 saturated carbocycles. The van der Waals surface area contributed by atoms with Crippen LogP contribution in [0.4, 0.5) is 10.1 Å². The van der Waals surface area contributed by atoms with Gasteiger partial charge in [0.1, 0.15) is 10.7 Å². The Kier molecular flexibility index (Phi) is 4.31. The Hall–Kier alpha value is -1.18. The molecule has 0 spiro atoms. The Morgan fingerprint density at radius 2 is 2.11 bits per heavy atom. The summed E-state index contributed by atoms with van der Waals surface area (Å²) in [4.78, 5) is -0.198. The third kappa shape index (κ3) is 3.66. The van der Waals surface area contributed by atoms with Crippen LogP contribution in [0.3, 0.4) is 0 Å². The predicted octanol–water partition coefficient (Wildman–Crippen LogP) is 0.847. The zero-order valence-corrected chi connectivity index (χ0v) is 11.1. The number of nitrogens with two attached hydrogens (primary N) is 1. The molecule has 0 aliphatic rings. The van der Waals surface area contributed by atoms with Crippen molar-refractivity contribution >= 4 is 15.7 Å². The third-order valence-electron chi connectivity index (χ3n) is 2.67. The van der Waals surface area contributed by atoms with Crippen LogP contribution < -0.4 is 10.5 Å². The lowest BCUT2D eigenvalue weighted by atomic mass is 10.1. The van der Waals surface area contributed by atoms with Crippen molar-refractivity contribution in [2.75, 3.05) is 12.3 Å². The first-order valence-electron chi connectivity index (χ1n) is 5.45. The second-order valence-electron chi connectivity index (χ2n) is 4.36. The predicted molar refractivity (Wildman–Crippen MR) is 66.9 cm³/mol. The summed E-state index contributed by atoms with van der Waals surface area (Å²) in [6.45, 7) is 3.12.